The summed E-state index contributed by atoms with van der Waals surface area (Å²) in [6, 6.07) is 19.3. The molecule has 0 aliphatic carbocycles. The molecule has 2 atom stereocenters. The second kappa shape index (κ2) is 13.0. The van der Waals surface area contributed by atoms with Gasteiger partial charge >= 0.3 is 0 Å². The standard InChI is InChI=1S/C30H30F3N3O3.C2H6.H2/c1-5-16-30(27(37)34-23-13-9-12-22(17-23)29(4,32)33)19(2)35-36(28(30)38)24-14-15-26(39-20(3)31)25(18-24)21-10-7-6-8-11-21;1-2;/h6-15,17-18,20H,5,16H2,1-4H3,(H,34,37);1-2H3;1H. The Kier molecular flexibility index (Phi) is 9.97. The molecule has 0 aromatic heterocycles. The first kappa shape index (κ1) is 31.4. The number of ether oxygens (including phenoxy) is 1. The summed E-state index contributed by atoms with van der Waals surface area (Å²) >= 11 is 0. The van der Waals surface area contributed by atoms with E-state index in [0.29, 0.717) is 17.7 Å². The molecular formula is C32H38F3N3O3. The van der Waals surface area contributed by atoms with Gasteiger partial charge in [-0.2, -0.15) is 10.1 Å². The Labute approximate surface area is 240 Å². The molecule has 1 heterocycles. The van der Waals surface area contributed by atoms with Gasteiger partial charge in [0, 0.05) is 32.1 Å². The summed E-state index contributed by atoms with van der Waals surface area (Å²) in [6.45, 7) is 9.49. The molecule has 0 saturated carbocycles. The lowest BCUT2D eigenvalue weighted by Crippen LogP contribution is -2.48. The van der Waals surface area contributed by atoms with Crippen molar-refractivity contribution in [3.05, 3.63) is 78.4 Å². The van der Waals surface area contributed by atoms with Gasteiger partial charge in [-0.15, -0.1) is 0 Å². The van der Waals surface area contributed by atoms with E-state index in [1.807, 2.05) is 51.1 Å². The van der Waals surface area contributed by atoms with Crippen LogP contribution >= 0.6 is 0 Å². The number of hydrogen-bond donors (Lipinski definition) is 1. The maximum atomic E-state index is 13.9. The molecule has 0 bridgehead atoms. The van der Waals surface area contributed by atoms with E-state index in [1.54, 1.807) is 25.1 Å². The van der Waals surface area contributed by atoms with E-state index in [-0.39, 0.29) is 30.6 Å². The highest BCUT2D eigenvalue weighted by molar-refractivity contribution is 6.33. The van der Waals surface area contributed by atoms with Gasteiger partial charge in [0.05, 0.1) is 11.4 Å². The highest BCUT2D eigenvalue weighted by atomic mass is 19.3. The van der Waals surface area contributed by atoms with Gasteiger partial charge in [0.25, 0.3) is 11.8 Å². The topological polar surface area (TPSA) is 71.0 Å². The van der Waals surface area contributed by atoms with E-state index in [2.05, 4.69) is 10.4 Å². The monoisotopic (exact) mass is 569 g/mol. The Morgan fingerprint density at radius 3 is 2.39 bits per heavy atom. The van der Waals surface area contributed by atoms with Gasteiger partial charge in [0.15, 0.2) is 5.41 Å². The number of halogens is 3. The maximum Gasteiger partial charge on any atom is 0.270 e. The van der Waals surface area contributed by atoms with Gasteiger partial charge in [0.2, 0.25) is 12.3 Å². The summed E-state index contributed by atoms with van der Waals surface area (Å²) in [4.78, 5) is 27.6. The smallest absolute Gasteiger partial charge is 0.270 e. The summed E-state index contributed by atoms with van der Waals surface area (Å²) in [5.74, 6) is -4.02. The Balaban J connectivity index is 0.00000201. The molecule has 0 fully saturated rings. The molecule has 0 saturated heterocycles. The van der Waals surface area contributed by atoms with Crippen molar-refractivity contribution in [3.8, 4) is 16.9 Å². The SMILES string of the molecule is CC.CCCC1(C(=O)Nc2cccc(C(C)(F)F)c2)C(=O)N(c2ccc(OC(C)F)c(-c3ccccc3)c2)N=C1C.[HH]. The minimum atomic E-state index is -3.09. The van der Waals surface area contributed by atoms with Crippen LogP contribution in [0.4, 0.5) is 24.5 Å². The lowest BCUT2D eigenvalue weighted by molar-refractivity contribution is -0.133. The van der Waals surface area contributed by atoms with Crippen LogP contribution < -0.4 is 15.1 Å². The average molecular weight is 570 g/mol. The fraction of sp³-hybridized carbons (Fsp3) is 0.344. The number of hydrogen-bond acceptors (Lipinski definition) is 4. The predicted molar refractivity (Wildman–Crippen MR) is 159 cm³/mol. The molecular weight excluding hydrogens is 531 g/mol. The molecule has 220 valence electrons. The third-order valence-corrected chi connectivity index (χ3v) is 6.65. The maximum absolute atomic E-state index is 13.9. The average Bonchev–Trinajstić information content (AvgIpc) is 3.20. The zero-order valence-electron chi connectivity index (χ0n) is 24.2. The minimum Gasteiger partial charge on any atom is -0.460 e. The first-order valence-corrected chi connectivity index (χ1v) is 13.7. The molecule has 4 rings (SSSR count). The predicted octanol–water partition coefficient (Wildman–Crippen LogP) is 8.58. The number of rotatable bonds is 9. The lowest BCUT2D eigenvalue weighted by Gasteiger charge is -2.27. The van der Waals surface area contributed by atoms with E-state index in [0.717, 1.165) is 17.5 Å². The Morgan fingerprint density at radius 2 is 1.78 bits per heavy atom. The molecule has 2 amide bonds. The van der Waals surface area contributed by atoms with Gasteiger partial charge in [-0.3, -0.25) is 9.59 Å². The summed E-state index contributed by atoms with van der Waals surface area (Å²) in [7, 11) is 0. The molecule has 9 heteroatoms. The third kappa shape index (κ3) is 6.61. The quantitative estimate of drug-likeness (QED) is 0.262. The molecule has 0 spiro atoms. The van der Waals surface area contributed by atoms with Crippen molar-refractivity contribution in [3.63, 3.8) is 0 Å². The number of nitrogens with zero attached hydrogens (tertiary/aromatic N) is 2. The number of carbonyl (C=O) groups is 2. The van der Waals surface area contributed by atoms with Crippen LogP contribution in [0, 0.1) is 5.41 Å². The second-order valence-electron chi connectivity index (χ2n) is 9.59. The molecule has 6 nitrogen and oxygen atoms in total. The van der Waals surface area contributed by atoms with Crippen LogP contribution in [0.5, 0.6) is 5.75 Å². The second-order valence-corrected chi connectivity index (χ2v) is 9.59. The van der Waals surface area contributed by atoms with Crippen molar-refractivity contribution in [1.29, 1.82) is 0 Å². The van der Waals surface area contributed by atoms with Crippen LogP contribution in [0.1, 0.15) is 61.4 Å². The van der Waals surface area contributed by atoms with E-state index in [1.165, 1.54) is 31.2 Å². The summed E-state index contributed by atoms with van der Waals surface area (Å²) in [5.41, 5.74) is 0.211. The first-order valence-electron chi connectivity index (χ1n) is 13.7. The van der Waals surface area contributed by atoms with Gasteiger partial charge in [-0.1, -0.05) is 69.7 Å². The summed E-state index contributed by atoms with van der Waals surface area (Å²) < 4.78 is 46.8. The third-order valence-electron chi connectivity index (χ3n) is 6.65. The lowest BCUT2D eigenvalue weighted by atomic mass is 9.78. The zero-order valence-corrected chi connectivity index (χ0v) is 24.2. The normalized spacial score (nSPS) is 17.3. The Hall–Kier alpha value is -4.14. The highest BCUT2D eigenvalue weighted by Gasteiger charge is 2.55. The Bertz CT molecular complexity index is 1410. The van der Waals surface area contributed by atoms with Crippen LogP contribution in [-0.2, 0) is 15.5 Å². The zero-order chi connectivity index (χ0) is 30.4. The van der Waals surface area contributed by atoms with Crippen LogP contribution in [0.3, 0.4) is 0 Å². The fourth-order valence-electron chi connectivity index (χ4n) is 4.71. The van der Waals surface area contributed by atoms with Crippen molar-refractivity contribution in [2.45, 2.75) is 66.7 Å². The number of amides is 2. The number of nitrogens with one attached hydrogen (secondary N) is 1. The van der Waals surface area contributed by atoms with Crippen molar-refractivity contribution in [2.24, 2.45) is 10.5 Å². The number of alkyl halides is 3. The Morgan fingerprint density at radius 1 is 1.10 bits per heavy atom. The van der Waals surface area contributed by atoms with Gasteiger partial charge < -0.3 is 10.1 Å². The van der Waals surface area contributed by atoms with E-state index in [9.17, 15) is 22.8 Å². The molecule has 1 aliphatic rings. The fourth-order valence-corrected chi connectivity index (χ4v) is 4.71. The largest absolute Gasteiger partial charge is 0.460 e. The number of anilines is 2. The van der Waals surface area contributed by atoms with Gasteiger partial charge in [-0.05, 0) is 49.2 Å². The van der Waals surface area contributed by atoms with E-state index in [4.69, 9.17) is 4.74 Å². The summed E-state index contributed by atoms with van der Waals surface area (Å²) in [6.07, 6.45) is -0.901. The molecule has 1 aliphatic heterocycles. The minimum absolute atomic E-state index is 0. The van der Waals surface area contributed by atoms with Crippen molar-refractivity contribution in [1.82, 2.24) is 0 Å². The molecule has 3 aromatic rings. The highest BCUT2D eigenvalue weighted by Crippen LogP contribution is 2.41. The van der Waals surface area contributed by atoms with Crippen LogP contribution in [0.2, 0.25) is 0 Å². The van der Waals surface area contributed by atoms with Crippen LogP contribution in [0.15, 0.2) is 77.9 Å². The summed E-state index contributed by atoms with van der Waals surface area (Å²) in [5, 5.41) is 8.29. The van der Waals surface area contributed by atoms with Crippen molar-refractivity contribution >= 4 is 28.9 Å². The molecule has 3 aromatic carbocycles. The molecule has 0 radical (unpaired) electrons. The van der Waals surface area contributed by atoms with Crippen LogP contribution in [0.25, 0.3) is 11.1 Å². The van der Waals surface area contributed by atoms with E-state index < -0.39 is 29.5 Å². The van der Waals surface area contributed by atoms with Crippen molar-refractivity contribution < 1.29 is 28.9 Å². The first-order chi connectivity index (χ1) is 19.5. The molecule has 41 heavy (non-hydrogen) atoms. The van der Waals surface area contributed by atoms with Crippen LogP contribution in [-0.4, -0.2) is 23.9 Å². The number of hydrazone groups is 1. The molecule has 2 unspecified atom stereocenters. The van der Waals surface area contributed by atoms with Crippen molar-refractivity contribution in [2.75, 3.05) is 10.3 Å². The molecule has 1 N–H and O–H groups in total. The van der Waals surface area contributed by atoms with E-state index >= 15 is 0 Å². The number of carbonyl (C=O) groups excluding carboxylic acids is 2. The van der Waals surface area contributed by atoms with Gasteiger partial charge in [-0.25, -0.2) is 13.2 Å². The number of benzene rings is 3. The van der Waals surface area contributed by atoms with Gasteiger partial charge in [0.1, 0.15) is 5.75 Å².